The minimum Gasteiger partial charge on any atom is -0.497 e. The molecule has 0 bridgehead atoms. The van der Waals surface area contributed by atoms with E-state index in [1.165, 1.54) is 0 Å². The molecular formula is C16H16N2O3S. The number of ether oxygens (including phenoxy) is 2. The van der Waals surface area contributed by atoms with Crippen molar-refractivity contribution >= 4 is 22.3 Å². The first-order valence-electron chi connectivity index (χ1n) is 6.83. The second kappa shape index (κ2) is 5.81. The van der Waals surface area contributed by atoms with E-state index in [1.807, 2.05) is 44.3 Å². The largest absolute Gasteiger partial charge is 0.497 e. The van der Waals surface area contributed by atoms with Crippen LogP contribution < -0.4 is 4.74 Å². The lowest BCUT2D eigenvalue weighted by molar-refractivity contribution is 0.0463. The fourth-order valence-corrected chi connectivity index (χ4v) is 3.12. The van der Waals surface area contributed by atoms with E-state index in [0.29, 0.717) is 11.4 Å². The van der Waals surface area contributed by atoms with Gasteiger partial charge < -0.3 is 9.47 Å². The van der Waals surface area contributed by atoms with Gasteiger partial charge in [-0.25, -0.2) is 9.78 Å². The number of esters is 1. The van der Waals surface area contributed by atoms with Crippen LogP contribution in [0.2, 0.25) is 0 Å². The average molecular weight is 316 g/mol. The molecule has 6 heteroatoms. The minimum absolute atomic E-state index is 0.221. The van der Waals surface area contributed by atoms with Gasteiger partial charge in [-0.15, -0.1) is 11.3 Å². The topological polar surface area (TPSA) is 52.8 Å². The molecule has 22 heavy (non-hydrogen) atoms. The summed E-state index contributed by atoms with van der Waals surface area (Å²) in [6, 6.07) is 7.43. The smallest absolute Gasteiger partial charge is 0.357 e. The molecule has 0 saturated carbocycles. The molecule has 5 nitrogen and oxygen atoms in total. The normalized spacial score (nSPS) is 10.9. The predicted octanol–water partition coefficient (Wildman–Crippen LogP) is 3.38. The van der Waals surface area contributed by atoms with Gasteiger partial charge in [0.15, 0.2) is 10.7 Å². The summed E-state index contributed by atoms with van der Waals surface area (Å²) in [5, 5.41) is 0. The van der Waals surface area contributed by atoms with Gasteiger partial charge in [0.2, 0.25) is 0 Å². The fourth-order valence-electron chi connectivity index (χ4n) is 2.25. The van der Waals surface area contributed by atoms with Gasteiger partial charge in [0.25, 0.3) is 0 Å². The molecule has 0 fully saturated rings. The van der Waals surface area contributed by atoms with Crippen LogP contribution in [0, 0.1) is 13.8 Å². The van der Waals surface area contributed by atoms with Crippen LogP contribution in [0.4, 0.5) is 0 Å². The number of carbonyl (C=O) groups is 1. The summed E-state index contributed by atoms with van der Waals surface area (Å²) < 4.78 is 12.3. The molecule has 0 N–H and O–H groups in total. The molecule has 0 unspecified atom stereocenters. The van der Waals surface area contributed by atoms with Gasteiger partial charge in [-0.05, 0) is 31.5 Å². The van der Waals surface area contributed by atoms with Crippen molar-refractivity contribution in [3.8, 4) is 5.75 Å². The maximum atomic E-state index is 12.3. The number of benzene rings is 1. The van der Waals surface area contributed by atoms with Crippen molar-refractivity contribution < 1.29 is 14.3 Å². The third-order valence-corrected chi connectivity index (χ3v) is 4.24. The molecule has 3 rings (SSSR count). The Morgan fingerprint density at radius 3 is 2.68 bits per heavy atom. The van der Waals surface area contributed by atoms with Gasteiger partial charge in [-0.3, -0.25) is 4.40 Å². The molecule has 114 valence electrons. The summed E-state index contributed by atoms with van der Waals surface area (Å²) in [4.78, 5) is 18.7. The summed E-state index contributed by atoms with van der Waals surface area (Å²) in [6.07, 6.45) is 1.91. The molecule has 0 radical (unpaired) electrons. The molecule has 0 aliphatic rings. The van der Waals surface area contributed by atoms with E-state index >= 15 is 0 Å². The summed E-state index contributed by atoms with van der Waals surface area (Å²) >= 11 is 1.55. The van der Waals surface area contributed by atoms with Crippen molar-refractivity contribution in [1.29, 1.82) is 0 Å². The zero-order chi connectivity index (χ0) is 15.7. The quantitative estimate of drug-likeness (QED) is 0.692. The number of aromatic nitrogens is 2. The zero-order valence-corrected chi connectivity index (χ0v) is 13.4. The number of carbonyl (C=O) groups excluding carboxylic acids is 1. The lowest BCUT2D eigenvalue weighted by Crippen LogP contribution is -2.09. The highest BCUT2D eigenvalue weighted by Gasteiger charge is 2.19. The Morgan fingerprint density at radius 2 is 2.00 bits per heavy atom. The number of aryl methyl sites for hydroxylation is 2. The molecular weight excluding hydrogens is 300 g/mol. The van der Waals surface area contributed by atoms with Crippen molar-refractivity contribution in [3.63, 3.8) is 0 Å². The number of methoxy groups -OCH3 is 1. The number of hydrogen-bond acceptors (Lipinski definition) is 5. The molecule has 1 aromatic carbocycles. The average Bonchev–Trinajstić information content (AvgIpc) is 2.99. The van der Waals surface area contributed by atoms with E-state index in [4.69, 9.17) is 9.47 Å². The van der Waals surface area contributed by atoms with E-state index in [9.17, 15) is 4.79 Å². The number of rotatable bonds is 4. The molecule has 3 aromatic rings. The van der Waals surface area contributed by atoms with E-state index in [1.54, 1.807) is 22.8 Å². The van der Waals surface area contributed by atoms with Crippen LogP contribution in [0.3, 0.4) is 0 Å². The van der Waals surface area contributed by atoms with E-state index < -0.39 is 0 Å². The molecule has 0 spiro atoms. The lowest BCUT2D eigenvalue weighted by Gasteiger charge is -2.06. The van der Waals surface area contributed by atoms with E-state index in [0.717, 1.165) is 21.2 Å². The monoisotopic (exact) mass is 316 g/mol. The van der Waals surface area contributed by atoms with Crippen molar-refractivity contribution in [2.24, 2.45) is 0 Å². The van der Waals surface area contributed by atoms with Crippen LogP contribution in [-0.2, 0) is 11.3 Å². The Kier molecular flexibility index (Phi) is 3.85. The Labute approximate surface area is 132 Å². The standard InChI is InChI=1S/C16H16N2O3S/c1-10-8-18-14(11(2)17-16(18)22-10)15(19)21-9-12-4-6-13(20-3)7-5-12/h4-8H,9H2,1-3H3. The highest BCUT2D eigenvalue weighted by atomic mass is 32.1. The minimum atomic E-state index is -0.362. The number of nitrogens with zero attached hydrogens (tertiary/aromatic N) is 2. The van der Waals surface area contributed by atoms with Crippen LogP contribution in [-0.4, -0.2) is 22.5 Å². The van der Waals surface area contributed by atoms with Gasteiger partial charge >= 0.3 is 5.97 Å². The predicted molar refractivity (Wildman–Crippen MR) is 84.7 cm³/mol. The van der Waals surface area contributed by atoms with Crippen molar-refractivity contribution in [2.45, 2.75) is 20.5 Å². The lowest BCUT2D eigenvalue weighted by atomic mass is 10.2. The van der Waals surface area contributed by atoms with Crippen LogP contribution in [0.1, 0.15) is 26.6 Å². The van der Waals surface area contributed by atoms with Crippen molar-refractivity contribution in [1.82, 2.24) is 9.38 Å². The molecule has 2 aromatic heterocycles. The Hall–Kier alpha value is -2.34. The first-order valence-corrected chi connectivity index (χ1v) is 7.65. The van der Waals surface area contributed by atoms with Crippen molar-refractivity contribution in [3.05, 3.63) is 52.3 Å². The van der Waals surface area contributed by atoms with Crippen LogP contribution in [0.15, 0.2) is 30.5 Å². The zero-order valence-electron chi connectivity index (χ0n) is 12.6. The first kappa shape index (κ1) is 14.6. The molecule has 0 atom stereocenters. The maximum Gasteiger partial charge on any atom is 0.357 e. The number of hydrogen-bond donors (Lipinski definition) is 0. The highest BCUT2D eigenvalue weighted by molar-refractivity contribution is 7.17. The maximum absolute atomic E-state index is 12.3. The first-order chi connectivity index (χ1) is 10.6. The second-order valence-electron chi connectivity index (χ2n) is 4.96. The Bertz CT molecular complexity index is 818. The highest BCUT2D eigenvalue weighted by Crippen LogP contribution is 2.21. The third-order valence-electron chi connectivity index (χ3n) is 3.34. The second-order valence-corrected chi connectivity index (χ2v) is 6.18. The molecule has 0 aliphatic carbocycles. The van der Waals surface area contributed by atoms with Crippen LogP contribution >= 0.6 is 11.3 Å². The third kappa shape index (κ3) is 2.69. The van der Waals surface area contributed by atoms with Crippen LogP contribution in [0.25, 0.3) is 4.96 Å². The Balaban J connectivity index is 1.76. The van der Waals surface area contributed by atoms with E-state index in [-0.39, 0.29) is 12.6 Å². The van der Waals surface area contributed by atoms with Gasteiger partial charge in [0, 0.05) is 11.1 Å². The van der Waals surface area contributed by atoms with Gasteiger partial charge in [-0.1, -0.05) is 12.1 Å². The molecule has 0 saturated heterocycles. The summed E-state index contributed by atoms with van der Waals surface area (Å²) in [5.41, 5.74) is 2.09. The fraction of sp³-hybridized carbons (Fsp3) is 0.250. The molecule has 2 heterocycles. The number of fused-ring (bicyclic) bond motifs is 1. The summed E-state index contributed by atoms with van der Waals surface area (Å²) in [7, 11) is 1.62. The van der Waals surface area contributed by atoms with Crippen LogP contribution in [0.5, 0.6) is 5.75 Å². The molecule has 0 aliphatic heterocycles. The van der Waals surface area contributed by atoms with Gasteiger partial charge in [0.1, 0.15) is 12.4 Å². The van der Waals surface area contributed by atoms with Gasteiger partial charge in [-0.2, -0.15) is 0 Å². The molecule has 0 amide bonds. The summed E-state index contributed by atoms with van der Waals surface area (Å²) in [6.45, 7) is 4.03. The van der Waals surface area contributed by atoms with Crippen molar-refractivity contribution in [2.75, 3.05) is 7.11 Å². The van der Waals surface area contributed by atoms with Gasteiger partial charge in [0.05, 0.1) is 12.8 Å². The Morgan fingerprint density at radius 1 is 1.27 bits per heavy atom. The van der Waals surface area contributed by atoms with E-state index in [2.05, 4.69) is 4.98 Å². The SMILES string of the molecule is COc1ccc(COC(=O)c2c(C)nc3sc(C)cn23)cc1. The number of thiazole rings is 1. The number of imidazole rings is 1. The summed E-state index contributed by atoms with van der Waals surface area (Å²) in [5.74, 6) is 0.413.